The van der Waals surface area contributed by atoms with Gasteiger partial charge in [-0.1, -0.05) is 18.2 Å². The van der Waals surface area contributed by atoms with Gasteiger partial charge in [0.2, 0.25) is 0 Å². The maximum absolute atomic E-state index is 12.0. The van der Waals surface area contributed by atoms with Gasteiger partial charge in [-0.05, 0) is 37.8 Å². The molecule has 2 unspecified atom stereocenters. The molecule has 5 N–H and O–H groups in total. The minimum Gasteiger partial charge on any atom is -0.480 e. The number of aryl methyl sites for hydroxylation is 2. The first-order valence-corrected chi connectivity index (χ1v) is 12.5. The first-order chi connectivity index (χ1) is 17.6. The van der Waals surface area contributed by atoms with Gasteiger partial charge in [0.05, 0.1) is 25.7 Å². The zero-order chi connectivity index (χ0) is 27.4. The molecule has 12 nitrogen and oxygen atoms in total. The van der Waals surface area contributed by atoms with E-state index in [4.69, 9.17) is 4.74 Å². The molecule has 0 saturated carbocycles. The number of para-hydroxylation sites is 1. The summed E-state index contributed by atoms with van der Waals surface area (Å²) in [6, 6.07) is 5.10. The number of aliphatic hydroxyl groups excluding tert-OH is 1. The lowest BCUT2D eigenvalue weighted by Crippen LogP contribution is -2.59. The average Bonchev–Trinajstić information content (AvgIpc) is 2.80. The molecule has 1 aromatic carbocycles. The van der Waals surface area contributed by atoms with E-state index in [2.05, 4.69) is 5.32 Å². The van der Waals surface area contributed by atoms with Gasteiger partial charge in [0.25, 0.3) is 0 Å². The normalized spacial score (nSPS) is 21.1. The van der Waals surface area contributed by atoms with Gasteiger partial charge < -0.3 is 30.5 Å². The van der Waals surface area contributed by atoms with E-state index in [0.29, 0.717) is 44.8 Å². The molecule has 1 aromatic rings. The van der Waals surface area contributed by atoms with Crippen LogP contribution < -0.4 is 10.1 Å². The van der Waals surface area contributed by atoms with Crippen molar-refractivity contribution in [3.63, 3.8) is 0 Å². The molecule has 1 aliphatic rings. The Kier molecular flexibility index (Phi) is 12.7. The third-order valence-corrected chi connectivity index (χ3v) is 6.38. The largest absolute Gasteiger partial charge is 0.480 e. The summed E-state index contributed by atoms with van der Waals surface area (Å²) in [5, 5.41) is 41.6. The first-order valence-electron chi connectivity index (χ1n) is 12.5. The van der Waals surface area contributed by atoms with Gasteiger partial charge in [0.15, 0.2) is 6.23 Å². The molecule has 0 radical (unpaired) electrons. The zero-order valence-electron chi connectivity index (χ0n) is 21.6. The number of carboxylic acids is 3. The van der Waals surface area contributed by atoms with Crippen molar-refractivity contribution >= 4 is 17.9 Å². The molecule has 37 heavy (non-hydrogen) atoms. The van der Waals surface area contributed by atoms with E-state index >= 15 is 0 Å². The molecular weight excluding hydrogens is 484 g/mol. The van der Waals surface area contributed by atoms with Crippen LogP contribution in [0.3, 0.4) is 0 Å². The second-order valence-electron chi connectivity index (χ2n) is 9.31. The van der Waals surface area contributed by atoms with Crippen molar-refractivity contribution in [1.82, 2.24) is 20.0 Å². The fraction of sp³-hybridized carbons (Fsp3) is 0.640. The van der Waals surface area contributed by atoms with Gasteiger partial charge in [0.1, 0.15) is 5.75 Å². The lowest BCUT2D eigenvalue weighted by molar-refractivity contribution is -0.146. The van der Waals surface area contributed by atoms with E-state index in [9.17, 15) is 34.8 Å². The Morgan fingerprint density at radius 3 is 2.08 bits per heavy atom. The van der Waals surface area contributed by atoms with Gasteiger partial charge in [-0.25, -0.2) is 0 Å². The van der Waals surface area contributed by atoms with E-state index in [1.54, 1.807) is 14.7 Å². The molecule has 0 spiro atoms. The first kappa shape index (κ1) is 30.5. The number of ether oxygens (including phenoxy) is 1. The van der Waals surface area contributed by atoms with Crippen molar-refractivity contribution in [3.8, 4) is 5.75 Å². The number of aliphatic hydroxyl groups is 1. The van der Waals surface area contributed by atoms with Crippen LogP contribution in [-0.2, 0) is 14.4 Å². The van der Waals surface area contributed by atoms with E-state index in [1.807, 2.05) is 32.0 Å². The fourth-order valence-corrected chi connectivity index (χ4v) is 4.63. The molecule has 0 bridgehead atoms. The summed E-state index contributed by atoms with van der Waals surface area (Å²) in [6.45, 7) is 4.98. The van der Waals surface area contributed by atoms with Crippen molar-refractivity contribution in [2.24, 2.45) is 0 Å². The molecule has 208 valence electrons. The van der Waals surface area contributed by atoms with Crippen LogP contribution in [0.5, 0.6) is 5.75 Å². The highest BCUT2D eigenvalue weighted by Crippen LogP contribution is 2.28. The number of hydrogen-bond acceptors (Lipinski definition) is 9. The number of hydrogen-bond donors (Lipinski definition) is 5. The van der Waals surface area contributed by atoms with Gasteiger partial charge in [-0.2, -0.15) is 0 Å². The van der Waals surface area contributed by atoms with E-state index in [1.165, 1.54) is 0 Å². The third kappa shape index (κ3) is 10.3. The smallest absolute Gasteiger partial charge is 0.317 e. The van der Waals surface area contributed by atoms with E-state index < -0.39 is 30.2 Å². The molecule has 0 aromatic heterocycles. The van der Waals surface area contributed by atoms with Crippen molar-refractivity contribution in [3.05, 3.63) is 29.3 Å². The molecule has 1 fully saturated rings. The van der Waals surface area contributed by atoms with E-state index in [-0.39, 0.29) is 39.3 Å². The van der Waals surface area contributed by atoms with Crippen LogP contribution in [0.4, 0.5) is 0 Å². The Hall–Kier alpha value is -2.77. The summed E-state index contributed by atoms with van der Waals surface area (Å²) >= 11 is 0. The van der Waals surface area contributed by atoms with Crippen molar-refractivity contribution in [2.75, 3.05) is 65.5 Å². The molecular formula is C25H40N4O8. The summed E-state index contributed by atoms with van der Waals surface area (Å²) < 4.78 is 6.56. The third-order valence-electron chi connectivity index (χ3n) is 6.38. The summed E-state index contributed by atoms with van der Waals surface area (Å²) in [7, 11) is 0. The Morgan fingerprint density at radius 1 is 0.892 bits per heavy atom. The van der Waals surface area contributed by atoms with E-state index in [0.717, 1.165) is 11.1 Å². The summed E-state index contributed by atoms with van der Waals surface area (Å²) in [6.07, 6.45) is -0.130. The minimum atomic E-state index is -1.08. The second kappa shape index (κ2) is 15.5. The van der Waals surface area contributed by atoms with Crippen LogP contribution in [0, 0.1) is 13.8 Å². The summed E-state index contributed by atoms with van der Waals surface area (Å²) in [4.78, 5) is 40.3. The summed E-state index contributed by atoms with van der Waals surface area (Å²) in [5.74, 6) is -2.50. The Morgan fingerprint density at radius 2 is 1.49 bits per heavy atom. The molecule has 1 aliphatic heterocycles. The number of rotatable bonds is 11. The van der Waals surface area contributed by atoms with Crippen LogP contribution in [0.25, 0.3) is 0 Å². The van der Waals surface area contributed by atoms with Crippen molar-refractivity contribution < 1.29 is 39.5 Å². The zero-order valence-corrected chi connectivity index (χ0v) is 21.6. The van der Waals surface area contributed by atoms with Gasteiger partial charge in [0, 0.05) is 45.9 Å². The predicted molar refractivity (Wildman–Crippen MR) is 136 cm³/mol. The van der Waals surface area contributed by atoms with Crippen LogP contribution in [0.1, 0.15) is 24.0 Å². The fourth-order valence-electron chi connectivity index (χ4n) is 4.63. The van der Waals surface area contributed by atoms with Crippen LogP contribution in [-0.4, -0.2) is 131 Å². The second-order valence-corrected chi connectivity index (χ2v) is 9.31. The van der Waals surface area contributed by atoms with Gasteiger partial charge in [-0.15, -0.1) is 0 Å². The van der Waals surface area contributed by atoms with Crippen molar-refractivity contribution in [1.29, 1.82) is 0 Å². The summed E-state index contributed by atoms with van der Waals surface area (Å²) in [5.41, 5.74) is 1.70. The highest BCUT2D eigenvalue weighted by molar-refractivity contribution is 5.70. The highest BCUT2D eigenvalue weighted by Gasteiger charge is 2.36. The van der Waals surface area contributed by atoms with Crippen LogP contribution in [0.15, 0.2) is 18.2 Å². The number of nitrogens with zero attached hydrogens (tertiary/aromatic N) is 3. The number of nitrogens with one attached hydrogen (secondary N) is 1. The maximum Gasteiger partial charge on any atom is 0.317 e. The molecule has 2 atom stereocenters. The van der Waals surface area contributed by atoms with Gasteiger partial charge in [-0.3, -0.25) is 29.1 Å². The molecule has 1 heterocycles. The van der Waals surface area contributed by atoms with Crippen molar-refractivity contribution in [2.45, 2.75) is 39.0 Å². The lowest BCUT2D eigenvalue weighted by Gasteiger charge is -2.42. The van der Waals surface area contributed by atoms with Crippen LogP contribution >= 0.6 is 0 Å². The number of benzene rings is 1. The Bertz CT molecular complexity index is 879. The molecule has 2 rings (SSSR count). The SMILES string of the molecule is Cc1cccc(C)c1OC1C(CCCO)N(CC(=O)O)CCNCCN(CC(=O)O)CCN1CC(=O)O. The number of carbonyl (C=O) groups is 3. The topological polar surface area (TPSA) is 163 Å². The predicted octanol–water partition coefficient (Wildman–Crippen LogP) is -0.0876. The maximum atomic E-state index is 12.0. The molecule has 12 heteroatoms. The Labute approximate surface area is 217 Å². The quantitative estimate of drug-likeness (QED) is 0.262. The molecule has 1 saturated heterocycles. The number of aliphatic carboxylic acids is 3. The van der Waals surface area contributed by atoms with Gasteiger partial charge >= 0.3 is 17.9 Å². The lowest BCUT2D eigenvalue weighted by atomic mass is 10.0. The molecule has 0 aliphatic carbocycles. The highest BCUT2D eigenvalue weighted by atomic mass is 16.5. The standard InChI is InChI=1S/C25H40N4O8/c1-18-5-3-6-19(2)24(18)37-25-20(7-4-14-30)28(16-22(33)34)11-9-26-8-10-27(15-21(31)32)12-13-29(25)17-23(35)36/h3,5-6,20,25-26,30H,4,7-17H2,1-2H3,(H,31,32)(H,33,34)(H,35,36). The minimum absolute atomic E-state index is 0.114. The average molecular weight is 525 g/mol. The Balaban J connectivity index is 2.58. The monoisotopic (exact) mass is 524 g/mol. The number of carboxylic acid groups (broad SMARTS) is 3. The molecule has 0 amide bonds. The van der Waals surface area contributed by atoms with Crippen LogP contribution in [0.2, 0.25) is 0 Å².